The van der Waals surface area contributed by atoms with E-state index in [-0.39, 0.29) is 22.8 Å². The SMILES string of the molecule is COc1cc(C(=O)Nc2cccc(C#Cc3ccccn3)c2)c([N+](=O)[O-])c(OC)c1OC. The first kappa shape index (κ1) is 22.1. The van der Waals surface area contributed by atoms with Crippen LogP contribution in [0.3, 0.4) is 0 Å². The number of methoxy groups -OCH3 is 3. The summed E-state index contributed by atoms with van der Waals surface area (Å²) in [7, 11) is 3.92. The maximum Gasteiger partial charge on any atom is 0.327 e. The molecule has 1 amide bonds. The highest BCUT2D eigenvalue weighted by molar-refractivity contribution is 6.08. The van der Waals surface area contributed by atoms with Gasteiger partial charge in [-0.05, 0) is 36.3 Å². The number of carbonyl (C=O) groups is 1. The number of hydrogen-bond acceptors (Lipinski definition) is 7. The predicted octanol–water partition coefficient (Wildman–Crippen LogP) is 3.67. The molecule has 1 heterocycles. The fourth-order valence-electron chi connectivity index (χ4n) is 2.94. The van der Waals surface area contributed by atoms with Crippen LogP contribution < -0.4 is 19.5 Å². The molecular formula is C23H19N3O6. The van der Waals surface area contributed by atoms with Gasteiger partial charge < -0.3 is 19.5 Å². The number of nitrogens with one attached hydrogen (secondary N) is 1. The van der Waals surface area contributed by atoms with Gasteiger partial charge in [0.15, 0.2) is 5.75 Å². The second-order valence-corrected chi connectivity index (χ2v) is 6.30. The number of aromatic nitrogens is 1. The molecule has 0 saturated carbocycles. The van der Waals surface area contributed by atoms with Gasteiger partial charge in [-0.15, -0.1) is 0 Å². The summed E-state index contributed by atoms with van der Waals surface area (Å²) in [6.07, 6.45) is 1.64. The molecule has 32 heavy (non-hydrogen) atoms. The Balaban J connectivity index is 1.96. The molecule has 0 bridgehead atoms. The highest BCUT2D eigenvalue weighted by Gasteiger charge is 2.32. The summed E-state index contributed by atoms with van der Waals surface area (Å²) in [6, 6.07) is 13.4. The Hall–Kier alpha value is -4.58. The summed E-state index contributed by atoms with van der Waals surface area (Å²) in [4.78, 5) is 28.1. The Morgan fingerprint density at radius 1 is 1.00 bits per heavy atom. The van der Waals surface area contributed by atoms with Gasteiger partial charge in [-0.2, -0.15) is 0 Å². The van der Waals surface area contributed by atoms with Crippen LogP contribution in [0.25, 0.3) is 0 Å². The minimum atomic E-state index is -0.717. The topological polar surface area (TPSA) is 113 Å². The van der Waals surface area contributed by atoms with Gasteiger partial charge in [-0.1, -0.05) is 18.1 Å². The summed E-state index contributed by atoms with van der Waals surface area (Å²) in [6.45, 7) is 0. The smallest absolute Gasteiger partial charge is 0.327 e. The molecule has 0 radical (unpaired) electrons. The molecular weight excluding hydrogens is 414 g/mol. The van der Waals surface area contributed by atoms with E-state index < -0.39 is 16.5 Å². The number of rotatable bonds is 6. The second-order valence-electron chi connectivity index (χ2n) is 6.30. The van der Waals surface area contributed by atoms with Crippen LogP contribution in [0.5, 0.6) is 17.2 Å². The third kappa shape index (κ3) is 4.76. The number of hydrogen-bond donors (Lipinski definition) is 1. The molecule has 0 aliphatic rings. The minimum Gasteiger partial charge on any atom is -0.493 e. The third-order valence-electron chi connectivity index (χ3n) is 4.35. The Bertz CT molecular complexity index is 1220. The second kappa shape index (κ2) is 9.95. The van der Waals surface area contributed by atoms with E-state index in [1.165, 1.54) is 27.4 Å². The first-order valence-corrected chi connectivity index (χ1v) is 9.30. The quantitative estimate of drug-likeness (QED) is 0.358. The van der Waals surface area contributed by atoms with Crippen molar-refractivity contribution < 1.29 is 23.9 Å². The monoisotopic (exact) mass is 433 g/mol. The zero-order valence-electron chi connectivity index (χ0n) is 17.5. The maximum atomic E-state index is 13.0. The lowest BCUT2D eigenvalue weighted by molar-refractivity contribution is -0.386. The lowest BCUT2D eigenvalue weighted by atomic mass is 10.1. The Morgan fingerprint density at radius 3 is 2.41 bits per heavy atom. The van der Waals surface area contributed by atoms with Crippen LogP contribution >= 0.6 is 0 Å². The first-order valence-electron chi connectivity index (χ1n) is 9.30. The lowest BCUT2D eigenvalue weighted by Gasteiger charge is -2.15. The van der Waals surface area contributed by atoms with E-state index in [9.17, 15) is 14.9 Å². The number of benzene rings is 2. The van der Waals surface area contributed by atoms with Crippen LogP contribution in [0.15, 0.2) is 54.7 Å². The molecule has 9 heteroatoms. The van der Waals surface area contributed by atoms with Crippen LogP contribution in [-0.4, -0.2) is 37.1 Å². The molecule has 0 aliphatic heterocycles. The summed E-state index contributed by atoms with van der Waals surface area (Å²) in [5, 5.41) is 14.4. The van der Waals surface area contributed by atoms with Crippen molar-refractivity contribution in [3.63, 3.8) is 0 Å². The van der Waals surface area contributed by atoms with Crippen LogP contribution in [0.1, 0.15) is 21.6 Å². The summed E-state index contributed by atoms with van der Waals surface area (Å²) >= 11 is 0. The van der Waals surface area contributed by atoms with Crippen LogP contribution in [0.2, 0.25) is 0 Å². The van der Waals surface area contributed by atoms with Crippen LogP contribution in [0, 0.1) is 22.0 Å². The van der Waals surface area contributed by atoms with Crippen molar-refractivity contribution in [3.05, 3.63) is 81.7 Å². The first-order chi connectivity index (χ1) is 15.5. The largest absolute Gasteiger partial charge is 0.493 e. The molecule has 0 fully saturated rings. The van der Waals surface area contributed by atoms with Gasteiger partial charge in [-0.3, -0.25) is 14.9 Å². The number of anilines is 1. The highest BCUT2D eigenvalue weighted by atomic mass is 16.6. The van der Waals surface area contributed by atoms with E-state index >= 15 is 0 Å². The molecule has 0 unspecified atom stereocenters. The molecule has 0 spiro atoms. The summed E-state index contributed by atoms with van der Waals surface area (Å²) in [5.74, 6) is 5.11. The number of amides is 1. The molecule has 0 atom stereocenters. The standard InChI is InChI=1S/C23H19N3O6/c1-30-19-14-18(20(26(28)29)22(32-3)21(19)31-2)23(27)25-17-9-6-7-15(13-17)10-11-16-8-4-5-12-24-16/h4-9,12-14H,1-3H3,(H,25,27). The fourth-order valence-corrected chi connectivity index (χ4v) is 2.94. The molecule has 162 valence electrons. The van der Waals surface area contributed by atoms with Gasteiger partial charge in [0.25, 0.3) is 5.91 Å². The van der Waals surface area contributed by atoms with Crippen molar-refractivity contribution in [1.29, 1.82) is 0 Å². The van der Waals surface area contributed by atoms with E-state index in [0.717, 1.165) is 0 Å². The lowest BCUT2D eigenvalue weighted by Crippen LogP contribution is -2.15. The molecule has 3 aromatic rings. The van der Waals surface area contributed by atoms with Gasteiger partial charge in [0.2, 0.25) is 11.5 Å². The molecule has 0 aliphatic carbocycles. The Morgan fingerprint density at radius 2 is 1.78 bits per heavy atom. The molecule has 9 nitrogen and oxygen atoms in total. The maximum absolute atomic E-state index is 13.0. The van der Waals surface area contributed by atoms with Crippen molar-refractivity contribution >= 4 is 17.3 Å². The average Bonchev–Trinajstić information content (AvgIpc) is 2.81. The van der Waals surface area contributed by atoms with Gasteiger partial charge in [0.1, 0.15) is 11.3 Å². The van der Waals surface area contributed by atoms with Crippen LogP contribution in [-0.2, 0) is 0 Å². The van der Waals surface area contributed by atoms with Gasteiger partial charge in [-0.25, -0.2) is 4.98 Å². The predicted molar refractivity (Wildman–Crippen MR) is 117 cm³/mol. The van der Waals surface area contributed by atoms with E-state index in [1.54, 1.807) is 42.6 Å². The number of carbonyl (C=O) groups excluding carboxylic acids is 1. The summed E-state index contributed by atoms with van der Waals surface area (Å²) in [5.41, 5.74) is 0.872. The van der Waals surface area contributed by atoms with Crippen molar-refractivity contribution in [1.82, 2.24) is 4.98 Å². The molecule has 0 saturated heterocycles. The number of ether oxygens (including phenoxy) is 3. The Kier molecular flexibility index (Phi) is 6.88. The van der Waals surface area contributed by atoms with Crippen molar-refractivity contribution in [3.8, 4) is 29.1 Å². The van der Waals surface area contributed by atoms with E-state index in [1.807, 2.05) is 6.07 Å². The van der Waals surface area contributed by atoms with Gasteiger partial charge in [0.05, 0.1) is 26.3 Å². The molecule has 1 N–H and O–H groups in total. The fraction of sp³-hybridized carbons (Fsp3) is 0.130. The van der Waals surface area contributed by atoms with Gasteiger partial charge >= 0.3 is 5.69 Å². The Labute approximate surface area is 184 Å². The average molecular weight is 433 g/mol. The van der Waals surface area contributed by atoms with E-state index in [2.05, 4.69) is 22.1 Å². The molecule has 1 aromatic heterocycles. The zero-order chi connectivity index (χ0) is 23.1. The normalized spacial score (nSPS) is 9.84. The highest BCUT2D eigenvalue weighted by Crippen LogP contribution is 2.46. The van der Waals surface area contributed by atoms with E-state index in [4.69, 9.17) is 14.2 Å². The number of pyridine rings is 1. The number of nitro groups is 1. The van der Waals surface area contributed by atoms with Gasteiger partial charge in [0, 0.05) is 23.5 Å². The van der Waals surface area contributed by atoms with Crippen LogP contribution in [0.4, 0.5) is 11.4 Å². The minimum absolute atomic E-state index is 0.0186. The number of nitro benzene ring substituents is 1. The molecule has 2 aromatic carbocycles. The van der Waals surface area contributed by atoms with Crippen molar-refractivity contribution in [2.75, 3.05) is 26.6 Å². The number of nitrogens with zero attached hydrogens (tertiary/aromatic N) is 2. The van der Waals surface area contributed by atoms with Crippen molar-refractivity contribution in [2.24, 2.45) is 0 Å². The third-order valence-corrected chi connectivity index (χ3v) is 4.35. The summed E-state index contributed by atoms with van der Waals surface area (Å²) < 4.78 is 15.5. The van der Waals surface area contributed by atoms with E-state index in [0.29, 0.717) is 16.9 Å². The molecule has 3 rings (SSSR count). The van der Waals surface area contributed by atoms with Crippen molar-refractivity contribution in [2.45, 2.75) is 0 Å². The zero-order valence-corrected chi connectivity index (χ0v) is 17.5.